The van der Waals surface area contributed by atoms with E-state index in [9.17, 15) is 19.5 Å². The number of benzene rings is 1. The fourth-order valence-corrected chi connectivity index (χ4v) is 2.59. The van der Waals surface area contributed by atoms with Gasteiger partial charge in [0, 0.05) is 24.3 Å². The Kier molecular flexibility index (Phi) is 6.20. The number of aliphatic hydroxyl groups is 1. The molecule has 0 spiro atoms. The highest BCUT2D eigenvalue weighted by Crippen LogP contribution is 2.19. The average molecular weight is 363 g/mol. The van der Waals surface area contributed by atoms with Gasteiger partial charge in [0.05, 0.1) is 6.54 Å². The minimum absolute atomic E-state index is 0.0228. The summed E-state index contributed by atoms with van der Waals surface area (Å²) in [7, 11) is 0. The Hall–Kier alpha value is -2.61. The average Bonchev–Trinajstić information content (AvgIpc) is 2.61. The van der Waals surface area contributed by atoms with E-state index in [0.717, 1.165) is 32.9 Å². The molecule has 1 heterocycles. The van der Waals surface area contributed by atoms with Crippen molar-refractivity contribution in [3.05, 3.63) is 29.8 Å². The van der Waals surface area contributed by atoms with Crippen LogP contribution >= 0.6 is 0 Å². The van der Waals surface area contributed by atoms with Gasteiger partial charge >= 0.3 is 12.0 Å². The maximum absolute atomic E-state index is 12.5. The molecule has 0 saturated carbocycles. The maximum atomic E-state index is 12.5. The SMILES string of the molecule is CC1CCN(C(=O)c2ccc(NC(=O)NCC(C)(O)C(=O)O)cc2)CC1. The van der Waals surface area contributed by atoms with E-state index < -0.39 is 24.1 Å². The number of nitrogens with zero attached hydrogens (tertiary/aromatic N) is 1. The molecule has 0 aliphatic carbocycles. The molecule has 0 radical (unpaired) electrons. The van der Waals surface area contributed by atoms with Crippen molar-refractivity contribution in [2.75, 3.05) is 25.0 Å². The quantitative estimate of drug-likeness (QED) is 0.632. The van der Waals surface area contributed by atoms with Gasteiger partial charge in [0.2, 0.25) is 0 Å². The van der Waals surface area contributed by atoms with Crippen LogP contribution in [-0.4, -0.2) is 58.3 Å². The lowest BCUT2D eigenvalue weighted by atomic mass is 9.98. The van der Waals surface area contributed by atoms with Gasteiger partial charge in [0.15, 0.2) is 5.60 Å². The molecular formula is C18H25N3O5. The lowest BCUT2D eigenvalue weighted by molar-refractivity contribution is -0.155. The number of hydrogen-bond donors (Lipinski definition) is 4. The molecule has 8 heteroatoms. The third-order valence-electron chi connectivity index (χ3n) is 4.51. The third kappa shape index (κ3) is 5.19. The van der Waals surface area contributed by atoms with Crippen molar-refractivity contribution in [3.63, 3.8) is 0 Å². The zero-order valence-electron chi connectivity index (χ0n) is 15.0. The molecule has 4 N–H and O–H groups in total. The monoisotopic (exact) mass is 363 g/mol. The van der Waals surface area contributed by atoms with E-state index >= 15 is 0 Å². The predicted molar refractivity (Wildman–Crippen MR) is 96.0 cm³/mol. The van der Waals surface area contributed by atoms with E-state index in [2.05, 4.69) is 17.6 Å². The molecule has 1 aromatic carbocycles. The predicted octanol–water partition coefficient (Wildman–Crippen LogP) is 1.52. The van der Waals surface area contributed by atoms with E-state index in [0.29, 0.717) is 17.2 Å². The van der Waals surface area contributed by atoms with Gasteiger partial charge < -0.3 is 25.7 Å². The molecule has 26 heavy (non-hydrogen) atoms. The number of hydrogen-bond acceptors (Lipinski definition) is 4. The Morgan fingerprint density at radius 2 is 1.77 bits per heavy atom. The number of aliphatic carboxylic acids is 1. The number of piperidine rings is 1. The van der Waals surface area contributed by atoms with Crippen LogP contribution < -0.4 is 10.6 Å². The number of carboxylic acids is 1. The minimum atomic E-state index is -2.04. The molecule has 3 amide bonds. The molecule has 1 unspecified atom stereocenters. The van der Waals surface area contributed by atoms with E-state index in [1.165, 1.54) is 0 Å². The number of amides is 3. The molecule has 1 atom stereocenters. The van der Waals surface area contributed by atoms with Crippen molar-refractivity contribution in [3.8, 4) is 0 Å². The number of urea groups is 1. The van der Waals surface area contributed by atoms with Gasteiger partial charge in [-0.15, -0.1) is 0 Å². The minimum Gasteiger partial charge on any atom is -0.479 e. The van der Waals surface area contributed by atoms with Crippen molar-refractivity contribution in [2.45, 2.75) is 32.3 Å². The Balaban J connectivity index is 1.88. The van der Waals surface area contributed by atoms with Crippen molar-refractivity contribution >= 4 is 23.6 Å². The highest BCUT2D eigenvalue weighted by Gasteiger charge is 2.30. The molecule has 1 saturated heterocycles. The van der Waals surface area contributed by atoms with Gasteiger partial charge in [0.1, 0.15) is 0 Å². The van der Waals surface area contributed by atoms with Crippen LogP contribution in [0.1, 0.15) is 37.0 Å². The van der Waals surface area contributed by atoms with Gasteiger partial charge in [-0.1, -0.05) is 6.92 Å². The van der Waals surface area contributed by atoms with Gasteiger partial charge in [-0.2, -0.15) is 0 Å². The zero-order chi connectivity index (χ0) is 19.3. The van der Waals surface area contributed by atoms with E-state index in [1.54, 1.807) is 24.3 Å². The van der Waals surface area contributed by atoms with Crippen LogP contribution in [0.2, 0.25) is 0 Å². The van der Waals surface area contributed by atoms with Crippen LogP contribution in [-0.2, 0) is 4.79 Å². The summed E-state index contributed by atoms with van der Waals surface area (Å²) in [4.78, 5) is 36.9. The van der Waals surface area contributed by atoms with Gasteiger partial charge in [-0.3, -0.25) is 4.79 Å². The Morgan fingerprint density at radius 3 is 2.31 bits per heavy atom. The second kappa shape index (κ2) is 8.18. The van der Waals surface area contributed by atoms with Crippen molar-refractivity contribution < 1.29 is 24.6 Å². The summed E-state index contributed by atoms with van der Waals surface area (Å²) in [6, 6.07) is 5.85. The highest BCUT2D eigenvalue weighted by molar-refractivity contribution is 5.95. The molecule has 0 aromatic heterocycles. The Morgan fingerprint density at radius 1 is 1.19 bits per heavy atom. The number of rotatable bonds is 5. The maximum Gasteiger partial charge on any atom is 0.337 e. The van der Waals surface area contributed by atoms with E-state index in [-0.39, 0.29) is 5.91 Å². The molecule has 0 bridgehead atoms. The fraction of sp³-hybridized carbons (Fsp3) is 0.500. The molecule has 142 valence electrons. The first-order valence-corrected chi connectivity index (χ1v) is 8.59. The third-order valence-corrected chi connectivity index (χ3v) is 4.51. The number of likely N-dealkylation sites (tertiary alicyclic amines) is 1. The summed E-state index contributed by atoms with van der Waals surface area (Å²) in [6.45, 7) is 4.36. The first-order chi connectivity index (χ1) is 12.2. The number of carbonyl (C=O) groups excluding carboxylic acids is 2. The Bertz CT molecular complexity index is 664. The van der Waals surface area contributed by atoms with Crippen LogP contribution in [0.5, 0.6) is 0 Å². The van der Waals surface area contributed by atoms with Crippen molar-refractivity contribution in [1.82, 2.24) is 10.2 Å². The molecule has 8 nitrogen and oxygen atoms in total. The molecule has 1 aromatic rings. The van der Waals surface area contributed by atoms with Crippen LogP contribution in [0.4, 0.5) is 10.5 Å². The van der Waals surface area contributed by atoms with Gasteiger partial charge in [-0.25, -0.2) is 9.59 Å². The summed E-state index contributed by atoms with van der Waals surface area (Å²) in [5, 5.41) is 23.2. The lowest BCUT2D eigenvalue weighted by Crippen LogP contribution is -2.47. The van der Waals surface area contributed by atoms with Crippen LogP contribution in [0, 0.1) is 5.92 Å². The summed E-state index contributed by atoms with van der Waals surface area (Å²) in [5.41, 5.74) is -1.03. The summed E-state index contributed by atoms with van der Waals surface area (Å²) in [6.07, 6.45) is 2.01. The van der Waals surface area contributed by atoms with Gasteiger partial charge in [0.25, 0.3) is 5.91 Å². The zero-order valence-corrected chi connectivity index (χ0v) is 15.0. The Labute approximate surface area is 152 Å². The van der Waals surface area contributed by atoms with Crippen LogP contribution in [0.25, 0.3) is 0 Å². The summed E-state index contributed by atoms with van der Waals surface area (Å²) in [5.74, 6) is -0.802. The summed E-state index contributed by atoms with van der Waals surface area (Å²) >= 11 is 0. The first-order valence-electron chi connectivity index (χ1n) is 8.59. The van der Waals surface area contributed by atoms with Crippen molar-refractivity contribution in [2.24, 2.45) is 5.92 Å². The number of carboxylic acid groups (broad SMARTS) is 1. The largest absolute Gasteiger partial charge is 0.479 e. The number of nitrogens with one attached hydrogen (secondary N) is 2. The van der Waals surface area contributed by atoms with E-state index in [4.69, 9.17) is 5.11 Å². The second-order valence-electron chi connectivity index (χ2n) is 6.94. The standard InChI is InChI=1S/C18H25N3O5/c1-12-7-9-21(10-8-12)15(22)13-3-5-14(6-4-13)20-17(25)19-11-18(2,26)16(23)24/h3-6,12,26H,7-11H2,1-2H3,(H,23,24)(H2,19,20,25). The molecule has 1 fully saturated rings. The topological polar surface area (TPSA) is 119 Å². The number of anilines is 1. The molecule has 2 rings (SSSR count). The highest BCUT2D eigenvalue weighted by atomic mass is 16.4. The number of carbonyl (C=O) groups is 3. The first kappa shape index (κ1) is 19.7. The lowest BCUT2D eigenvalue weighted by Gasteiger charge is -2.30. The molecule has 1 aliphatic rings. The second-order valence-corrected chi connectivity index (χ2v) is 6.94. The molecular weight excluding hydrogens is 338 g/mol. The molecule has 1 aliphatic heterocycles. The fourth-order valence-electron chi connectivity index (χ4n) is 2.59. The van der Waals surface area contributed by atoms with Crippen molar-refractivity contribution in [1.29, 1.82) is 0 Å². The van der Waals surface area contributed by atoms with E-state index in [1.807, 2.05) is 4.90 Å². The van der Waals surface area contributed by atoms with Crippen LogP contribution in [0.3, 0.4) is 0 Å². The van der Waals surface area contributed by atoms with Gasteiger partial charge in [-0.05, 0) is 49.9 Å². The van der Waals surface area contributed by atoms with Crippen LogP contribution in [0.15, 0.2) is 24.3 Å². The smallest absolute Gasteiger partial charge is 0.337 e. The normalized spacial score (nSPS) is 17.3. The summed E-state index contributed by atoms with van der Waals surface area (Å²) < 4.78 is 0.